The maximum atomic E-state index is 13.2. The molecule has 1 aliphatic heterocycles. The van der Waals surface area contributed by atoms with Gasteiger partial charge >= 0.3 is 5.97 Å². The third-order valence-corrected chi connectivity index (χ3v) is 3.07. The van der Waals surface area contributed by atoms with Gasteiger partial charge in [0.1, 0.15) is 0 Å². The summed E-state index contributed by atoms with van der Waals surface area (Å²) in [6.45, 7) is 0.489. The molecule has 0 spiro atoms. The number of methoxy groups -OCH3 is 1. The van der Waals surface area contributed by atoms with Crippen LogP contribution in [0.2, 0.25) is 0 Å². The van der Waals surface area contributed by atoms with E-state index in [9.17, 15) is 18.0 Å². The minimum atomic E-state index is -1.50. The number of hydrogen-bond donors (Lipinski definition) is 1. The zero-order valence-corrected chi connectivity index (χ0v) is 11.2. The molecule has 1 saturated heterocycles. The first-order chi connectivity index (χ1) is 10.0. The molecule has 2 atom stereocenters. The lowest BCUT2D eigenvalue weighted by atomic mass is 10.0. The fourth-order valence-corrected chi connectivity index (χ4v) is 2.01. The third-order valence-electron chi connectivity index (χ3n) is 3.07. The van der Waals surface area contributed by atoms with Crippen molar-refractivity contribution < 1.29 is 27.4 Å². The largest absolute Gasteiger partial charge is 0.466 e. The van der Waals surface area contributed by atoms with Crippen molar-refractivity contribution in [1.29, 1.82) is 0 Å². The van der Waals surface area contributed by atoms with Gasteiger partial charge in [-0.2, -0.15) is 0 Å². The summed E-state index contributed by atoms with van der Waals surface area (Å²) in [5, 5.41) is 3.05. The molecular formula is C14H14F3NO3. The summed E-state index contributed by atoms with van der Waals surface area (Å²) in [6.07, 6.45) is 2.77. The Kier molecular flexibility index (Phi) is 4.98. The third kappa shape index (κ3) is 3.83. The number of hydrogen-bond acceptors (Lipinski definition) is 4. The highest BCUT2D eigenvalue weighted by Gasteiger charge is 2.23. The fourth-order valence-electron chi connectivity index (χ4n) is 2.01. The highest BCUT2D eigenvalue weighted by molar-refractivity contribution is 5.81. The van der Waals surface area contributed by atoms with Gasteiger partial charge in [-0.15, -0.1) is 0 Å². The van der Waals surface area contributed by atoms with E-state index < -0.39 is 29.5 Å². The molecule has 1 aromatic rings. The van der Waals surface area contributed by atoms with Gasteiger partial charge < -0.3 is 9.47 Å². The summed E-state index contributed by atoms with van der Waals surface area (Å²) < 4.78 is 49.2. The lowest BCUT2D eigenvalue weighted by Gasteiger charge is -2.29. The number of morpholine rings is 1. The molecule has 0 radical (unpaired) electrons. The molecule has 0 aromatic heterocycles. The van der Waals surface area contributed by atoms with E-state index in [0.717, 1.165) is 12.1 Å². The van der Waals surface area contributed by atoms with Crippen LogP contribution in [-0.4, -0.2) is 32.3 Å². The van der Waals surface area contributed by atoms with Crippen LogP contribution in [0.4, 0.5) is 13.2 Å². The minimum Gasteiger partial charge on any atom is -0.466 e. The molecule has 2 rings (SSSR count). The number of esters is 1. The molecule has 0 amide bonds. The van der Waals surface area contributed by atoms with Gasteiger partial charge in [-0.25, -0.2) is 18.0 Å². The topological polar surface area (TPSA) is 47.6 Å². The van der Waals surface area contributed by atoms with Gasteiger partial charge in [0.25, 0.3) is 0 Å². The van der Waals surface area contributed by atoms with Gasteiger partial charge in [0, 0.05) is 12.1 Å². The van der Waals surface area contributed by atoms with Crippen LogP contribution in [-0.2, 0) is 14.3 Å². The van der Waals surface area contributed by atoms with E-state index in [-0.39, 0.29) is 18.2 Å². The van der Waals surface area contributed by atoms with Gasteiger partial charge in [-0.05, 0) is 17.7 Å². The monoisotopic (exact) mass is 301 g/mol. The second-order valence-electron chi connectivity index (χ2n) is 4.54. The minimum absolute atomic E-state index is 0.188. The molecule has 7 heteroatoms. The Bertz CT molecular complexity index is 539. The smallest absolute Gasteiger partial charge is 0.330 e. The van der Waals surface area contributed by atoms with E-state index in [0.29, 0.717) is 6.61 Å². The van der Waals surface area contributed by atoms with Crippen molar-refractivity contribution in [2.24, 2.45) is 0 Å². The molecule has 114 valence electrons. The Hall–Kier alpha value is -1.86. The summed E-state index contributed by atoms with van der Waals surface area (Å²) in [4.78, 5) is 11.0. The number of carbonyl (C=O) groups is 1. The Labute approximate surface area is 119 Å². The lowest BCUT2D eigenvalue weighted by molar-refractivity contribution is -0.134. The molecule has 0 saturated carbocycles. The van der Waals surface area contributed by atoms with Crippen LogP contribution in [0.5, 0.6) is 0 Å². The number of carbonyl (C=O) groups excluding carboxylic acids is 1. The van der Waals surface area contributed by atoms with E-state index >= 15 is 0 Å². The first-order valence-electron chi connectivity index (χ1n) is 6.25. The number of ether oxygens (including phenoxy) is 2. The first kappa shape index (κ1) is 15.5. The van der Waals surface area contributed by atoms with Crippen LogP contribution in [0.3, 0.4) is 0 Å². The van der Waals surface area contributed by atoms with Crippen molar-refractivity contribution in [3.63, 3.8) is 0 Å². The normalized spacial score (nSPS) is 22.5. The van der Waals surface area contributed by atoms with Crippen LogP contribution in [0.1, 0.15) is 11.6 Å². The van der Waals surface area contributed by atoms with Crippen molar-refractivity contribution in [2.45, 2.75) is 12.1 Å². The van der Waals surface area contributed by atoms with E-state index in [1.54, 1.807) is 0 Å². The number of nitrogens with one attached hydrogen (secondary N) is 1. The quantitative estimate of drug-likeness (QED) is 0.526. The molecule has 0 unspecified atom stereocenters. The molecule has 1 N–H and O–H groups in total. The molecule has 4 nitrogen and oxygen atoms in total. The van der Waals surface area contributed by atoms with Gasteiger partial charge in [-0.1, -0.05) is 6.08 Å². The summed E-state index contributed by atoms with van der Waals surface area (Å²) in [6, 6.07) is 1.02. The van der Waals surface area contributed by atoms with Crippen LogP contribution in [0, 0.1) is 17.5 Å². The molecule has 1 aliphatic rings. The predicted octanol–water partition coefficient (Wildman–Crippen LogP) is 1.86. The van der Waals surface area contributed by atoms with E-state index in [2.05, 4.69) is 10.1 Å². The molecule has 0 bridgehead atoms. The van der Waals surface area contributed by atoms with E-state index in [1.165, 1.54) is 19.3 Å². The molecule has 1 heterocycles. The molecule has 1 fully saturated rings. The van der Waals surface area contributed by atoms with Crippen molar-refractivity contribution in [3.05, 3.63) is 47.3 Å². The number of benzene rings is 1. The van der Waals surface area contributed by atoms with Gasteiger partial charge in [-0.3, -0.25) is 5.32 Å². The van der Waals surface area contributed by atoms with Gasteiger partial charge in [0.2, 0.25) is 0 Å². The van der Waals surface area contributed by atoms with Crippen molar-refractivity contribution >= 4 is 5.97 Å². The Morgan fingerprint density at radius 2 is 2.00 bits per heavy atom. The van der Waals surface area contributed by atoms with E-state index in [4.69, 9.17) is 4.74 Å². The molecule has 21 heavy (non-hydrogen) atoms. The average molecular weight is 301 g/mol. The molecular weight excluding hydrogens is 287 g/mol. The summed E-state index contributed by atoms with van der Waals surface area (Å²) in [5.41, 5.74) is 0.238. The Morgan fingerprint density at radius 3 is 2.62 bits per heavy atom. The highest BCUT2D eigenvalue weighted by Crippen LogP contribution is 2.22. The SMILES string of the molecule is COC(=O)/C=C/[C@H]1COC[C@@H](c2cc(F)c(F)c(F)c2)N1. The predicted molar refractivity (Wildman–Crippen MR) is 68.0 cm³/mol. The second kappa shape index (κ2) is 6.73. The Balaban J connectivity index is 2.11. The molecule has 1 aromatic carbocycles. The van der Waals surface area contributed by atoms with Crippen molar-refractivity contribution in [2.75, 3.05) is 20.3 Å². The Morgan fingerprint density at radius 1 is 1.33 bits per heavy atom. The standard InChI is InChI=1S/C14H14F3NO3/c1-20-13(19)3-2-9-6-21-7-12(18-9)8-4-10(15)14(17)11(16)5-8/h2-5,9,12,18H,6-7H2,1H3/b3-2+/t9-,12-/m0/s1. The maximum Gasteiger partial charge on any atom is 0.330 e. The zero-order valence-electron chi connectivity index (χ0n) is 11.2. The van der Waals surface area contributed by atoms with Crippen molar-refractivity contribution in [1.82, 2.24) is 5.32 Å². The van der Waals surface area contributed by atoms with Crippen LogP contribution < -0.4 is 5.32 Å². The van der Waals surface area contributed by atoms with E-state index in [1.807, 2.05) is 0 Å². The van der Waals surface area contributed by atoms with Crippen LogP contribution in [0.15, 0.2) is 24.3 Å². The van der Waals surface area contributed by atoms with Crippen molar-refractivity contribution in [3.8, 4) is 0 Å². The summed E-state index contributed by atoms with van der Waals surface area (Å²) in [5.74, 6) is -4.52. The second-order valence-corrected chi connectivity index (χ2v) is 4.54. The summed E-state index contributed by atoms with van der Waals surface area (Å²) in [7, 11) is 1.25. The first-order valence-corrected chi connectivity index (χ1v) is 6.25. The maximum absolute atomic E-state index is 13.2. The molecule has 0 aliphatic carbocycles. The highest BCUT2D eigenvalue weighted by atomic mass is 19.2. The fraction of sp³-hybridized carbons (Fsp3) is 0.357. The number of halogens is 3. The zero-order chi connectivity index (χ0) is 15.4. The number of rotatable bonds is 3. The lowest BCUT2D eigenvalue weighted by Crippen LogP contribution is -2.42. The average Bonchev–Trinajstić information content (AvgIpc) is 2.50. The van der Waals surface area contributed by atoms with Crippen LogP contribution in [0.25, 0.3) is 0 Å². The van der Waals surface area contributed by atoms with Crippen LogP contribution >= 0.6 is 0 Å². The van der Waals surface area contributed by atoms with Gasteiger partial charge in [0.15, 0.2) is 17.5 Å². The summed E-state index contributed by atoms with van der Waals surface area (Å²) >= 11 is 0. The van der Waals surface area contributed by atoms with Gasteiger partial charge in [0.05, 0.1) is 26.4 Å².